The molecule has 1 aliphatic rings. The number of aromatic nitrogens is 1. The van der Waals surface area contributed by atoms with Crippen LogP contribution in [0.25, 0.3) is 32.8 Å². The molecular weight excluding hydrogens is 428 g/mol. The summed E-state index contributed by atoms with van der Waals surface area (Å²) in [4.78, 5) is 17.3. The van der Waals surface area contributed by atoms with Gasteiger partial charge in [0.25, 0.3) is 0 Å². The number of aryl methyl sites for hydroxylation is 1. The van der Waals surface area contributed by atoms with Crippen molar-refractivity contribution in [1.29, 1.82) is 0 Å². The van der Waals surface area contributed by atoms with E-state index < -0.39 is 17.7 Å². The molecule has 4 aromatic rings. The number of benzene rings is 3. The lowest BCUT2D eigenvalue weighted by Gasteiger charge is -2.29. The van der Waals surface area contributed by atoms with Gasteiger partial charge in [-0.25, -0.2) is 4.79 Å². The van der Waals surface area contributed by atoms with Gasteiger partial charge in [-0.15, -0.1) is 0 Å². The average molecular weight is 457 g/mol. The number of ether oxygens (including phenoxy) is 2. The highest BCUT2D eigenvalue weighted by molar-refractivity contribution is 6.11. The fourth-order valence-electron chi connectivity index (χ4n) is 4.92. The quantitative estimate of drug-likeness (QED) is 0.376. The van der Waals surface area contributed by atoms with E-state index in [0.717, 1.165) is 50.5 Å². The Kier molecular flexibility index (Phi) is 5.21. The smallest absolute Gasteiger partial charge is 0.337 e. The lowest BCUT2D eigenvalue weighted by molar-refractivity contribution is -0.160. The number of rotatable bonds is 4. The van der Waals surface area contributed by atoms with Crippen LogP contribution in [0.2, 0.25) is 0 Å². The zero-order valence-corrected chi connectivity index (χ0v) is 19.8. The number of nitrogens with zero attached hydrogens (tertiary/aromatic N) is 1. The average Bonchev–Trinajstić information content (AvgIpc) is 2.78. The molecule has 0 saturated carbocycles. The van der Waals surface area contributed by atoms with E-state index in [4.69, 9.17) is 20.2 Å². The summed E-state index contributed by atoms with van der Waals surface area (Å²) >= 11 is 0. The molecule has 0 bridgehead atoms. The number of carboxylic acids is 1. The van der Waals surface area contributed by atoms with Crippen LogP contribution in [-0.2, 0) is 16.0 Å². The van der Waals surface area contributed by atoms with Crippen LogP contribution in [0.5, 0.6) is 5.75 Å². The number of carboxylic acid groups (broad SMARTS) is 1. The summed E-state index contributed by atoms with van der Waals surface area (Å²) in [6.07, 6.45) is 1.44. The second-order valence-corrected chi connectivity index (χ2v) is 9.78. The van der Waals surface area contributed by atoms with Crippen molar-refractivity contribution in [3.63, 3.8) is 0 Å². The van der Waals surface area contributed by atoms with Crippen LogP contribution in [0.1, 0.15) is 43.6 Å². The zero-order valence-electron chi connectivity index (χ0n) is 19.8. The Morgan fingerprint density at radius 2 is 1.97 bits per heavy atom. The second kappa shape index (κ2) is 7.99. The minimum atomic E-state index is -1.16. The molecule has 1 atom stereocenters. The molecule has 0 aliphatic carbocycles. The first kappa shape index (κ1) is 22.2. The van der Waals surface area contributed by atoms with Crippen molar-refractivity contribution in [3.05, 3.63) is 65.4 Å². The third-order valence-electron chi connectivity index (χ3n) is 6.26. The van der Waals surface area contributed by atoms with Crippen molar-refractivity contribution in [2.24, 2.45) is 0 Å². The van der Waals surface area contributed by atoms with Gasteiger partial charge >= 0.3 is 5.97 Å². The van der Waals surface area contributed by atoms with Gasteiger partial charge in [0.1, 0.15) is 5.75 Å². The molecule has 0 unspecified atom stereocenters. The minimum Gasteiger partial charge on any atom is -0.493 e. The molecule has 0 fully saturated rings. The van der Waals surface area contributed by atoms with E-state index in [-0.39, 0.29) is 0 Å². The highest BCUT2D eigenvalue weighted by atomic mass is 16.5. The summed E-state index contributed by atoms with van der Waals surface area (Å²) in [7, 11) is 0. The number of nitrogen functional groups attached to an aromatic ring is 1. The zero-order chi connectivity index (χ0) is 24.2. The highest BCUT2D eigenvalue weighted by Crippen LogP contribution is 2.45. The molecular formula is C28H28N2O4. The number of nitrogens with two attached hydrogens (primary N) is 1. The van der Waals surface area contributed by atoms with Crippen molar-refractivity contribution < 1.29 is 19.4 Å². The molecule has 6 heteroatoms. The van der Waals surface area contributed by atoms with E-state index in [1.807, 2.05) is 76.4 Å². The molecule has 1 aliphatic heterocycles. The first-order valence-electron chi connectivity index (χ1n) is 11.4. The molecule has 6 nitrogen and oxygen atoms in total. The Labute approximate surface area is 198 Å². The van der Waals surface area contributed by atoms with E-state index in [0.29, 0.717) is 17.9 Å². The lowest BCUT2D eigenvalue weighted by atomic mass is 9.85. The van der Waals surface area contributed by atoms with Gasteiger partial charge in [-0.05, 0) is 80.1 Å². The van der Waals surface area contributed by atoms with Gasteiger partial charge in [0.2, 0.25) is 0 Å². The number of anilines is 1. The Bertz CT molecular complexity index is 1440. The van der Waals surface area contributed by atoms with E-state index in [1.54, 1.807) is 0 Å². The summed E-state index contributed by atoms with van der Waals surface area (Å²) in [6, 6.07) is 13.6. The van der Waals surface area contributed by atoms with Gasteiger partial charge in [0.05, 0.1) is 17.7 Å². The molecule has 0 spiro atoms. The topological polar surface area (TPSA) is 94.7 Å². The van der Waals surface area contributed by atoms with Gasteiger partial charge in [0.15, 0.2) is 6.10 Å². The third-order valence-corrected chi connectivity index (χ3v) is 6.26. The van der Waals surface area contributed by atoms with Crippen LogP contribution in [0.3, 0.4) is 0 Å². The molecule has 0 radical (unpaired) electrons. The molecule has 174 valence electrons. The van der Waals surface area contributed by atoms with Crippen molar-refractivity contribution in [3.8, 4) is 16.9 Å². The summed E-state index contributed by atoms with van der Waals surface area (Å²) in [5.41, 5.74) is 11.3. The van der Waals surface area contributed by atoms with E-state index >= 15 is 0 Å². The summed E-state index contributed by atoms with van der Waals surface area (Å²) in [5, 5.41) is 13.0. The molecule has 1 aromatic heterocycles. The van der Waals surface area contributed by atoms with Gasteiger partial charge < -0.3 is 20.3 Å². The molecule has 3 aromatic carbocycles. The maximum absolute atomic E-state index is 12.6. The second-order valence-electron chi connectivity index (χ2n) is 9.78. The van der Waals surface area contributed by atoms with Crippen LogP contribution in [0, 0.1) is 6.92 Å². The van der Waals surface area contributed by atoms with Gasteiger partial charge in [0, 0.05) is 40.2 Å². The van der Waals surface area contributed by atoms with Crippen molar-refractivity contribution in [2.45, 2.75) is 45.8 Å². The number of fused-ring (bicyclic) bond motifs is 1. The maximum Gasteiger partial charge on any atom is 0.337 e. The number of pyridine rings is 1. The summed E-state index contributed by atoms with van der Waals surface area (Å²) < 4.78 is 12.0. The Hall–Kier alpha value is -3.64. The summed E-state index contributed by atoms with van der Waals surface area (Å²) in [5.74, 6) is -0.242. The van der Waals surface area contributed by atoms with Crippen LogP contribution < -0.4 is 10.5 Å². The maximum atomic E-state index is 12.6. The van der Waals surface area contributed by atoms with E-state index in [9.17, 15) is 9.90 Å². The SMILES string of the molecule is Cc1cc2c(N)cccc2c(-c2ccc3c4c(ccnc24)CCO3)c1[C@H](OC(C)(C)C)C(=O)O. The lowest BCUT2D eigenvalue weighted by Crippen LogP contribution is -2.28. The van der Waals surface area contributed by atoms with E-state index in [1.165, 1.54) is 5.56 Å². The van der Waals surface area contributed by atoms with E-state index in [2.05, 4.69) is 0 Å². The van der Waals surface area contributed by atoms with Crippen LogP contribution in [0.4, 0.5) is 5.69 Å². The number of carbonyl (C=O) groups is 1. The molecule has 0 saturated heterocycles. The fraction of sp³-hybridized carbons (Fsp3) is 0.286. The van der Waals surface area contributed by atoms with Crippen LogP contribution in [0.15, 0.2) is 48.7 Å². The van der Waals surface area contributed by atoms with Gasteiger partial charge in [-0.1, -0.05) is 12.1 Å². The van der Waals surface area contributed by atoms with Crippen LogP contribution >= 0.6 is 0 Å². The predicted octanol–water partition coefficient (Wildman–Crippen LogP) is 5.82. The summed E-state index contributed by atoms with van der Waals surface area (Å²) in [6.45, 7) is 8.12. The fourth-order valence-corrected chi connectivity index (χ4v) is 4.92. The predicted molar refractivity (Wildman–Crippen MR) is 134 cm³/mol. The number of aliphatic carboxylic acids is 1. The molecule has 5 rings (SSSR count). The minimum absolute atomic E-state index is 0.611. The van der Waals surface area contributed by atoms with Crippen molar-refractivity contribution in [1.82, 2.24) is 4.98 Å². The Morgan fingerprint density at radius 1 is 1.18 bits per heavy atom. The molecule has 3 N–H and O–H groups in total. The van der Waals surface area contributed by atoms with Crippen molar-refractivity contribution >= 4 is 33.3 Å². The Morgan fingerprint density at radius 3 is 2.71 bits per heavy atom. The normalized spacial score (nSPS) is 14.2. The van der Waals surface area contributed by atoms with Crippen molar-refractivity contribution in [2.75, 3.05) is 12.3 Å². The molecule has 2 heterocycles. The largest absolute Gasteiger partial charge is 0.493 e. The third kappa shape index (κ3) is 3.64. The number of hydrogen-bond acceptors (Lipinski definition) is 5. The Balaban J connectivity index is 1.93. The number of hydrogen-bond donors (Lipinski definition) is 2. The molecule has 34 heavy (non-hydrogen) atoms. The standard InChI is InChI=1S/C28H28N2O4/c1-15-14-19-17(6-5-7-20(19)29)24(22(15)26(27(31)32)34-28(2,3)4)18-8-9-21-23-16(11-13-33-21)10-12-30-25(18)23/h5-10,12,14,26H,11,13,29H2,1-4H3,(H,31,32)/t26-/m0/s1. The molecule has 0 amide bonds. The monoisotopic (exact) mass is 456 g/mol. The van der Waals surface area contributed by atoms with Gasteiger partial charge in [-0.3, -0.25) is 4.98 Å². The first-order chi connectivity index (χ1) is 16.2. The van der Waals surface area contributed by atoms with Gasteiger partial charge in [-0.2, -0.15) is 0 Å². The van der Waals surface area contributed by atoms with Crippen LogP contribution in [-0.4, -0.2) is 28.3 Å². The highest BCUT2D eigenvalue weighted by Gasteiger charge is 2.32. The first-order valence-corrected chi connectivity index (χ1v) is 11.4.